The average molecular weight is 392 g/mol. The van der Waals surface area contributed by atoms with Gasteiger partial charge < -0.3 is 10.1 Å². The number of carbonyl (C=O) groups excluding carboxylic acids is 2. The van der Waals surface area contributed by atoms with Crippen LogP contribution in [-0.4, -0.2) is 18.4 Å². The molecule has 0 aliphatic rings. The van der Waals surface area contributed by atoms with E-state index >= 15 is 0 Å². The van der Waals surface area contributed by atoms with Gasteiger partial charge in [-0.25, -0.2) is 9.18 Å². The van der Waals surface area contributed by atoms with Crippen molar-refractivity contribution < 1.29 is 18.7 Å². The number of halogens is 1. The Balaban J connectivity index is 1.96. The molecule has 29 heavy (non-hydrogen) atoms. The molecule has 0 saturated carbocycles. The quantitative estimate of drug-likeness (QED) is 0.239. The van der Waals surface area contributed by atoms with Gasteiger partial charge in [0.25, 0.3) is 5.91 Å². The molecule has 1 amide bonds. The van der Waals surface area contributed by atoms with Crippen LogP contribution >= 0.6 is 0 Å². The Morgan fingerprint density at radius 2 is 1.76 bits per heavy atom. The molecule has 0 aromatic heterocycles. The van der Waals surface area contributed by atoms with E-state index in [1.165, 1.54) is 30.4 Å². The van der Waals surface area contributed by atoms with Crippen molar-refractivity contribution >= 4 is 24.0 Å². The number of nitrogens with zero attached hydrogens (tertiary/aromatic N) is 1. The molecule has 5 nitrogen and oxygen atoms in total. The molecule has 1 N–H and O–H groups in total. The summed E-state index contributed by atoms with van der Waals surface area (Å²) in [7, 11) is 0. The topological polar surface area (TPSA) is 79.2 Å². The van der Waals surface area contributed by atoms with Crippen molar-refractivity contribution in [3.8, 4) is 11.8 Å². The van der Waals surface area contributed by atoms with Crippen LogP contribution in [0.3, 0.4) is 0 Å². The molecular formula is C23H21FN2O3. The van der Waals surface area contributed by atoms with Crippen molar-refractivity contribution in [3.05, 3.63) is 77.1 Å². The molecule has 2 rings (SSSR count). The Morgan fingerprint density at radius 3 is 2.38 bits per heavy atom. The summed E-state index contributed by atoms with van der Waals surface area (Å²) in [5.74, 6) is -1.02. The molecule has 0 saturated heterocycles. The first-order valence-electron chi connectivity index (χ1n) is 9.17. The predicted octanol–water partition coefficient (Wildman–Crippen LogP) is 4.27. The van der Waals surface area contributed by atoms with Crippen LogP contribution in [0.25, 0.3) is 12.2 Å². The maximum atomic E-state index is 12.9. The normalized spacial score (nSPS) is 11.1. The Morgan fingerprint density at radius 1 is 1.10 bits per heavy atom. The van der Waals surface area contributed by atoms with E-state index < -0.39 is 11.9 Å². The second-order valence-corrected chi connectivity index (χ2v) is 6.15. The number of nitrogens with one attached hydrogen (secondary N) is 1. The van der Waals surface area contributed by atoms with Gasteiger partial charge in [0.05, 0.1) is 0 Å². The fraction of sp³-hybridized carbons (Fsp3) is 0.174. The Hall–Kier alpha value is -3.72. The lowest BCUT2D eigenvalue weighted by atomic mass is 10.1. The van der Waals surface area contributed by atoms with Gasteiger partial charge in [0, 0.05) is 12.6 Å². The van der Waals surface area contributed by atoms with Crippen LogP contribution in [0.5, 0.6) is 5.75 Å². The van der Waals surface area contributed by atoms with Gasteiger partial charge in [-0.2, -0.15) is 5.26 Å². The number of esters is 1. The lowest BCUT2D eigenvalue weighted by Gasteiger charge is -2.04. The minimum absolute atomic E-state index is 0.00748. The second-order valence-electron chi connectivity index (χ2n) is 6.15. The molecule has 0 heterocycles. The lowest BCUT2D eigenvalue weighted by molar-refractivity contribution is -0.128. The number of carbonyl (C=O) groups is 2. The van der Waals surface area contributed by atoms with Gasteiger partial charge in [-0.15, -0.1) is 0 Å². The van der Waals surface area contributed by atoms with E-state index in [0.717, 1.165) is 12.8 Å². The molecule has 2 aromatic rings. The number of nitriles is 1. The van der Waals surface area contributed by atoms with Crippen molar-refractivity contribution in [1.82, 2.24) is 5.32 Å². The highest BCUT2D eigenvalue weighted by molar-refractivity contribution is 6.01. The number of rotatable bonds is 8. The zero-order valence-corrected chi connectivity index (χ0v) is 16.0. The van der Waals surface area contributed by atoms with Gasteiger partial charge in [-0.1, -0.05) is 37.6 Å². The van der Waals surface area contributed by atoms with E-state index in [0.29, 0.717) is 23.4 Å². The molecule has 148 valence electrons. The SMILES string of the molecule is CCCCNC(=O)/C(C#N)=C/c1ccc(OC(=O)/C=C/c2ccc(F)cc2)cc1. The van der Waals surface area contributed by atoms with E-state index in [-0.39, 0.29) is 11.4 Å². The molecular weight excluding hydrogens is 371 g/mol. The number of hydrogen-bond acceptors (Lipinski definition) is 4. The molecule has 0 fully saturated rings. The van der Waals surface area contributed by atoms with Crippen LogP contribution in [0.15, 0.2) is 60.2 Å². The third kappa shape index (κ3) is 7.43. The third-order valence-electron chi connectivity index (χ3n) is 3.87. The molecule has 0 unspecified atom stereocenters. The molecule has 0 radical (unpaired) electrons. The average Bonchev–Trinajstić information content (AvgIpc) is 2.73. The summed E-state index contributed by atoms with van der Waals surface area (Å²) in [5, 5.41) is 11.9. The first-order valence-corrected chi connectivity index (χ1v) is 9.17. The van der Waals surface area contributed by atoms with E-state index in [1.807, 2.05) is 13.0 Å². The van der Waals surface area contributed by atoms with Gasteiger partial charge >= 0.3 is 5.97 Å². The van der Waals surface area contributed by atoms with Gasteiger partial charge in [0.15, 0.2) is 0 Å². The highest BCUT2D eigenvalue weighted by Gasteiger charge is 2.08. The summed E-state index contributed by atoms with van der Waals surface area (Å²) in [5.41, 5.74) is 1.31. The van der Waals surface area contributed by atoms with Crippen LogP contribution in [-0.2, 0) is 9.59 Å². The number of amides is 1. The van der Waals surface area contributed by atoms with Crippen LogP contribution in [0.1, 0.15) is 30.9 Å². The molecule has 2 aromatic carbocycles. The Kier molecular flexibility index (Phi) is 8.33. The maximum Gasteiger partial charge on any atom is 0.336 e. The van der Waals surface area contributed by atoms with E-state index in [4.69, 9.17) is 4.74 Å². The summed E-state index contributed by atoms with van der Waals surface area (Å²) in [6.45, 7) is 2.54. The van der Waals surface area contributed by atoms with Crippen LogP contribution in [0.4, 0.5) is 4.39 Å². The largest absolute Gasteiger partial charge is 0.423 e. The van der Waals surface area contributed by atoms with Gasteiger partial charge in [0.1, 0.15) is 23.2 Å². The minimum Gasteiger partial charge on any atom is -0.423 e. The molecule has 0 atom stereocenters. The first kappa shape index (κ1) is 21.6. The number of ether oxygens (including phenoxy) is 1. The van der Waals surface area contributed by atoms with Gasteiger partial charge in [0.2, 0.25) is 0 Å². The monoisotopic (exact) mass is 392 g/mol. The first-order chi connectivity index (χ1) is 14.0. The molecule has 6 heteroatoms. The third-order valence-corrected chi connectivity index (χ3v) is 3.87. The fourth-order valence-electron chi connectivity index (χ4n) is 2.31. The number of benzene rings is 2. The van der Waals surface area contributed by atoms with Crippen LogP contribution < -0.4 is 10.1 Å². The van der Waals surface area contributed by atoms with E-state index in [9.17, 15) is 19.2 Å². The van der Waals surface area contributed by atoms with Crippen molar-refractivity contribution in [1.29, 1.82) is 5.26 Å². The summed E-state index contributed by atoms with van der Waals surface area (Å²) >= 11 is 0. The standard InChI is InChI=1S/C23H21FN2O3/c1-2-3-14-26-23(28)19(16-25)15-18-6-11-21(12-7-18)29-22(27)13-8-17-4-9-20(24)10-5-17/h4-13,15H,2-3,14H2,1H3,(H,26,28)/b13-8+,19-15+. The zero-order valence-electron chi connectivity index (χ0n) is 16.0. The van der Waals surface area contributed by atoms with Gasteiger partial charge in [-0.3, -0.25) is 4.79 Å². The summed E-state index contributed by atoms with van der Waals surface area (Å²) in [6.07, 6.45) is 6.04. The van der Waals surface area contributed by atoms with E-state index in [1.54, 1.807) is 36.4 Å². The Labute approximate surface area is 169 Å². The van der Waals surface area contributed by atoms with Crippen LogP contribution in [0.2, 0.25) is 0 Å². The minimum atomic E-state index is -0.578. The number of unbranched alkanes of at least 4 members (excludes halogenated alkanes) is 1. The summed E-state index contributed by atoms with van der Waals surface area (Å²) in [4.78, 5) is 23.9. The van der Waals surface area contributed by atoms with Crippen molar-refractivity contribution in [2.45, 2.75) is 19.8 Å². The predicted molar refractivity (Wildman–Crippen MR) is 109 cm³/mol. The Bertz CT molecular complexity index is 940. The van der Waals surface area contributed by atoms with Crippen molar-refractivity contribution in [3.63, 3.8) is 0 Å². The maximum absolute atomic E-state index is 12.9. The fourth-order valence-corrected chi connectivity index (χ4v) is 2.31. The van der Waals surface area contributed by atoms with Crippen molar-refractivity contribution in [2.75, 3.05) is 6.54 Å². The van der Waals surface area contributed by atoms with Crippen molar-refractivity contribution in [2.24, 2.45) is 0 Å². The molecule has 0 spiro atoms. The zero-order chi connectivity index (χ0) is 21.1. The van der Waals surface area contributed by atoms with Gasteiger partial charge in [-0.05, 0) is 54.0 Å². The summed E-state index contributed by atoms with van der Waals surface area (Å²) in [6, 6.07) is 14.0. The summed E-state index contributed by atoms with van der Waals surface area (Å²) < 4.78 is 18.1. The highest BCUT2D eigenvalue weighted by Crippen LogP contribution is 2.15. The van der Waals surface area contributed by atoms with E-state index in [2.05, 4.69) is 5.32 Å². The lowest BCUT2D eigenvalue weighted by Crippen LogP contribution is -2.25. The molecule has 0 aliphatic carbocycles. The van der Waals surface area contributed by atoms with Crippen LogP contribution in [0, 0.1) is 17.1 Å². The number of hydrogen-bond donors (Lipinski definition) is 1. The smallest absolute Gasteiger partial charge is 0.336 e. The second kappa shape index (κ2) is 11.2. The molecule has 0 bridgehead atoms. The highest BCUT2D eigenvalue weighted by atomic mass is 19.1. The molecule has 0 aliphatic heterocycles.